The van der Waals surface area contributed by atoms with Crippen molar-refractivity contribution in [1.29, 1.82) is 0 Å². The van der Waals surface area contributed by atoms with Crippen LogP contribution in [0.25, 0.3) is 0 Å². The lowest BCUT2D eigenvalue weighted by Crippen LogP contribution is -2.28. The highest BCUT2D eigenvalue weighted by molar-refractivity contribution is 7.89. The standard InChI is InChI=1S/C22H31N3O4S.C5H9N/c1-4-6-13-25(14-7-5-2)19-15-17(22(26)24-3)16-20(30(23,27)28)21(19)29-18-11-9-8-10-12-18;1-3-5-6-4-2/h8-12,15-16H,4-7,13-14H2,1-3H3,(H,24,26)(H2,23,27,28);3-6H,2H2,1H3/b;5-3-. The molecule has 1 amide bonds. The molecule has 0 bridgehead atoms. The average Bonchev–Trinajstić information content (AvgIpc) is 2.87. The highest BCUT2D eigenvalue weighted by Gasteiger charge is 2.26. The molecule has 0 saturated carbocycles. The largest absolute Gasteiger partial charge is 0.454 e. The number of amides is 1. The summed E-state index contributed by atoms with van der Waals surface area (Å²) in [5, 5.41) is 10.9. The molecular formula is C27H40N4O4S. The first-order valence-electron chi connectivity index (χ1n) is 12.1. The van der Waals surface area contributed by atoms with Gasteiger partial charge in [0.05, 0.1) is 5.69 Å². The quantitative estimate of drug-likeness (QED) is 0.339. The van der Waals surface area contributed by atoms with E-state index in [0.717, 1.165) is 25.7 Å². The number of ether oxygens (including phenoxy) is 1. The SMILES string of the molecule is C=CN/C=C\C.CCCCN(CCCC)c1cc(C(=O)NC)cc(S(N)(=O)=O)c1Oc1ccccc1. The maximum Gasteiger partial charge on any atom is 0.251 e. The summed E-state index contributed by atoms with van der Waals surface area (Å²) < 4.78 is 31.0. The Hall–Kier alpha value is -3.30. The number of sulfonamides is 1. The summed E-state index contributed by atoms with van der Waals surface area (Å²) in [5.74, 6) is 0.240. The van der Waals surface area contributed by atoms with Gasteiger partial charge in [-0.1, -0.05) is 57.5 Å². The van der Waals surface area contributed by atoms with Crippen molar-refractivity contribution in [2.24, 2.45) is 5.14 Å². The number of carbonyl (C=O) groups is 1. The summed E-state index contributed by atoms with van der Waals surface area (Å²) in [6.07, 6.45) is 9.14. The Labute approximate surface area is 216 Å². The number of anilines is 1. The number of carbonyl (C=O) groups excluding carboxylic acids is 1. The second kappa shape index (κ2) is 16.4. The average molecular weight is 517 g/mol. The van der Waals surface area contributed by atoms with Gasteiger partial charge in [-0.2, -0.15) is 0 Å². The molecule has 4 N–H and O–H groups in total. The zero-order chi connectivity index (χ0) is 27.0. The molecule has 0 atom stereocenters. The molecule has 8 nitrogen and oxygen atoms in total. The number of benzene rings is 2. The van der Waals surface area contributed by atoms with Gasteiger partial charge < -0.3 is 20.3 Å². The van der Waals surface area contributed by atoms with Crippen molar-refractivity contribution >= 4 is 21.6 Å². The zero-order valence-corrected chi connectivity index (χ0v) is 22.6. The number of allylic oxidation sites excluding steroid dienone is 1. The summed E-state index contributed by atoms with van der Waals surface area (Å²) in [6, 6.07) is 11.9. The molecule has 2 rings (SSSR count). The summed E-state index contributed by atoms with van der Waals surface area (Å²) >= 11 is 0. The Balaban J connectivity index is 0.000000960. The van der Waals surface area contributed by atoms with Gasteiger partial charge in [-0.05, 0) is 56.4 Å². The molecule has 36 heavy (non-hydrogen) atoms. The van der Waals surface area contributed by atoms with Crippen molar-refractivity contribution < 1.29 is 17.9 Å². The molecule has 2 aromatic rings. The molecule has 0 spiro atoms. The number of para-hydroxylation sites is 1. The van der Waals surface area contributed by atoms with Gasteiger partial charge in [0.25, 0.3) is 5.91 Å². The van der Waals surface area contributed by atoms with E-state index in [4.69, 9.17) is 9.88 Å². The number of hydrogen-bond acceptors (Lipinski definition) is 6. The Morgan fingerprint density at radius 2 is 1.72 bits per heavy atom. The van der Waals surface area contributed by atoms with Crippen LogP contribution in [0.3, 0.4) is 0 Å². The summed E-state index contributed by atoms with van der Waals surface area (Å²) in [5.41, 5.74) is 0.765. The van der Waals surface area contributed by atoms with Crippen LogP contribution in [0.5, 0.6) is 11.5 Å². The van der Waals surface area contributed by atoms with Gasteiger partial charge in [0, 0.05) is 25.7 Å². The van der Waals surface area contributed by atoms with Gasteiger partial charge in [0.1, 0.15) is 10.6 Å². The third-order valence-electron chi connectivity index (χ3n) is 5.08. The van der Waals surface area contributed by atoms with Gasteiger partial charge in [-0.15, -0.1) is 0 Å². The van der Waals surface area contributed by atoms with Crippen LogP contribution in [0.2, 0.25) is 0 Å². The molecule has 2 aromatic carbocycles. The Bertz CT molecular complexity index is 1080. The van der Waals surface area contributed by atoms with Crippen LogP contribution in [0, 0.1) is 0 Å². The number of hydrogen-bond donors (Lipinski definition) is 3. The maximum absolute atomic E-state index is 12.5. The van der Waals surface area contributed by atoms with Crippen LogP contribution < -0.4 is 25.4 Å². The van der Waals surface area contributed by atoms with Crippen molar-refractivity contribution in [3.8, 4) is 11.5 Å². The summed E-state index contributed by atoms with van der Waals surface area (Å²) in [4.78, 5) is 14.2. The van der Waals surface area contributed by atoms with E-state index in [1.807, 2.05) is 25.3 Å². The monoisotopic (exact) mass is 516 g/mol. The number of rotatable bonds is 13. The third kappa shape index (κ3) is 10.1. The molecule has 0 unspecified atom stereocenters. The molecule has 0 aliphatic rings. The van der Waals surface area contributed by atoms with Crippen molar-refractivity contribution in [3.05, 3.63) is 73.1 Å². The van der Waals surface area contributed by atoms with Crippen LogP contribution in [-0.2, 0) is 10.0 Å². The highest BCUT2D eigenvalue weighted by Crippen LogP contribution is 2.39. The molecule has 0 aromatic heterocycles. The van der Waals surface area contributed by atoms with Crippen molar-refractivity contribution in [1.82, 2.24) is 10.6 Å². The fraction of sp³-hybridized carbons (Fsp3) is 0.370. The Morgan fingerprint density at radius 3 is 2.17 bits per heavy atom. The van der Waals surface area contributed by atoms with E-state index in [-0.39, 0.29) is 16.2 Å². The molecule has 0 heterocycles. The molecule has 0 aliphatic heterocycles. The highest BCUT2D eigenvalue weighted by atomic mass is 32.2. The number of nitrogens with zero attached hydrogens (tertiary/aromatic N) is 1. The summed E-state index contributed by atoms with van der Waals surface area (Å²) in [7, 11) is -2.65. The lowest BCUT2D eigenvalue weighted by atomic mass is 10.1. The second-order valence-corrected chi connectivity index (χ2v) is 9.46. The second-order valence-electron chi connectivity index (χ2n) is 7.93. The number of primary sulfonamides is 1. The van der Waals surface area contributed by atoms with Crippen LogP contribution in [0.15, 0.2) is 72.4 Å². The van der Waals surface area contributed by atoms with E-state index in [2.05, 4.69) is 36.0 Å². The molecule has 198 valence electrons. The smallest absolute Gasteiger partial charge is 0.251 e. The maximum atomic E-state index is 12.5. The van der Waals surface area contributed by atoms with E-state index in [9.17, 15) is 13.2 Å². The predicted molar refractivity (Wildman–Crippen MR) is 148 cm³/mol. The topological polar surface area (TPSA) is 114 Å². The van der Waals surface area contributed by atoms with Crippen LogP contribution in [0.4, 0.5) is 5.69 Å². The normalized spacial score (nSPS) is 10.8. The minimum absolute atomic E-state index is 0.142. The number of nitrogens with two attached hydrogens (primary N) is 1. The predicted octanol–water partition coefficient (Wildman–Crippen LogP) is 5.15. The molecule has 0 radical (unpaired) electrons. The molecule has 0 aliphatic carbocycles. The lowest BCUT2D eigenvalue weighted by molar-refractivity contribution is 0.0963. The Morgan fingerprint density at radius 1 is 1.11 bits per heavy atom. The first-order valence-corrected chi connectivity index (χ1v) is 13.7. The van der Waals surface area contributed by atoms with Crippen LogP contribution in [-0.4, -0.2) is 34.5 Å². The fourth-order valence-electron chi connectivity index (χ4n) is 3.23. The van der Waals surface area contributed by atoms with Crippen molar-refractivity contribution in [2.45, 2.75) is 51.3 Å². The molecule has 0 fully saturated rings. The fourth-order valence-corrected chi connectivity index (χ4v) is 3.93. The number of nitrogens with one attached hydrogen (secondary N) is 2. The first kappa shape index (κ1) is 30.7. The van der Waals surface area contributed by atoms with Crippen LogP contribution >= 0.6 is 0 Å². The van der Waals surface area contributed by atoms with Gasteiger partial charge in [-0.3, -0.25) is 4.79 Å². The van der Waals surface area contributed by atoms with Gasteiger partial charge >= 0.3 is 0 Å². The van der Waals surface area contributed by atoms with Gasteiger partial charge in [0.2, 0.25) is 10.0 Å². The minimum Gasteiger partial charge on any atom is -0.454 e. The molecule has 0 saturated heterocycles. The zero-order valence-electron chi connectivity index (χ0n) is 21.8. The van der Waals surface area contributed by atoms with Crippen LogP contribution in [0.1, 0.15) is 56.8 Å². The van der Waals surface area contributed by atoms with E-state index in [0.29, 0.717) is 24.5 Å². The van der Waals surface area contributed by atoms with Gasteiger partial charge in [-0.25, -0.2) is 13.6 Å². The van der Waals surface area contributed by atoms with E-state index >= 15 is 0 Å². The van der Waals surface area contributed by atoms with E-state index in [1.165, 1.54) is 13.1 Å². The summed E-state index contributed by atoms with van der Waals surface area (Å²) in [6.45, 7) is 11.0. The van der Waals surface area contributed by atoms with E-state index < -0.39 is 15.9 Å². The lowest BCUT2D eigenvalue weighted by Gasteiger charge is -2.28. The van der Waals surface area contributed by atoms with Crippen molar-refractivity contribution in [2.75, 3.05) is 25.0 Å². The number of unbranched alkanes of at least 4 members (excludes halogenated alkanes) is 2. The minimum atomic E-state index is -4.15. The first-order chi connectivity index (χ1) is 17.2. The molecule has 9 heteroatoms. The molecular weight excluding hydrogens is 476 g/mol. The van der Waals surface area contributed by atoms with E-state index in [1.54, 1.807) is 36.5 Å². The van der Waals surface area contributed by atoms with Crippen molar-refractivity contribution in [3.63, 3.8) is 0 Å². The third-order valence-corrected chi connectivity index (χ3v) is 6.00. The van der Waals surface area contributed by atoms with Gasteiger partial charge in [0.15, 0.2) is 5.75 Å². The Kier molecular flexibility index (Phi) is 14.0.